The molecule has 3 rings (SSSR count). The number of fused-ring (bicyclic) bond motifs is 1. The smallest absolute Gasteiger partial charge is 0.230 e. The van der Waals surface area contributed by atoms with Gasteiger partial charge in [0.05, 0.1) is 16.6 Å². The summed E-state index contributed by atoms with van der Waals surface area (Å²) in [7, 11) is 0. The third kappa shape index (κ3) is 3.77. The first-order valence-corrected chi connectivity index (χ1v) is 8.59. The van der Waals surface area contributed by atoms with Crippen LogP contribution in [0.1, 0.15) is 36.5 Å². The molecule has 0 fully saturated rings. The number of carbonyl (C=O) groups is 1. The van der Waals surface area contributed by atoms with E-state index in [1.807, 2.05) is 24.3 Å². The fourth-order valence-electron chi connectivity index (χ4n) is 2.45. The molecule has 1 heterocycles. The molecule has 1 aromatic heterocycles. The second-order valence-corrected chi connectivity index (χ2v) is 7.14. The molecule has 1 amide bonds. The quantitative estimate of drug-likeness (QED) is 0.741. The lowest BCUT2D eigenvalue weighted by atomic mass is 10.0. The van der Waals surface area contributed by atoms with Crippen LogP contribution in [0.15, 0.2) is 42.5 Å². The number of nitrogens with one attached hydrogen (secondary N) is 1. The van der Waals surface area contributed by atoms with Gasteiger partial charge in [-0.05, 0) is 41.7 Å². The molecule has 0 bridgehead atoms. The number of amides is 1. The molecule has 0 spiro atoms. The van der Waals surface area contributed by atoms with Crippen LogP contribution in [-0.2, 0) is 11.2 Å². The van der Waals surface area contributed by atoms with Crippen molar-refractivity contribution in [3.63, 3.8) is 0 Å². The predicted molar refractivity (Wildman–Crippen MR) is 97.2 cm³/mol. The fourth-order valence-corrected chi connectivity index (χ4v) is 3.43. The molecule has 1 N–H and O–H groups in total. The second kappa shape index (κ2) is 6.50. The van der Waals surface area contributed by atoms with E-state index in [2.05, 4.69) is 49.3 Å². The number of benzene rings is 2. The SMILES string of the molecule is Cc1ccc2nc(NC(=O)Cc3ccc(C(C)C)cc3)sc2c1. The zero-order valence-electron chi connectivity index (χ0n) is 13.6. The number of hydrogen-bond acceptors (Lipinski definition) is 3. The van der Waals surface area contributed by atoms with Gasteiger partial charge in [0.15, 0.2) is 5.13 Å². The number of nitrogens with zero attached hydrogens (tertiary/aromatic N) is 1. The van der Waals surface area contributed by atoms with E-state index in [4.69, 9.17) is 0 Å². The largest absolute Gasteiger partial charge is 0.302 e. The lowest BCUT2D eigenvalue weighted by Crippen LogP contribution is -2.14. The molecule has 3 nitrogen and oxygen atoms in total. The van der Waals surface area contributed by atoms with Crippen molar-refractivity contribution in [2.24, 2.45) is 0 Å². The van der Waals surface area contributed by atoms with Crippen LogP contribution < -0.4 is 5.32 Å². The summed E-state index contributed by atoms with van der Waals surface area (Å²) in [5.74, 6) is 0.474. The molecule has 0 aliphatic heterocycles. The van der Waals surface area contributed by atoms with Crippen molar-refractivity contribution >= 4 is 32.6 Å². The van der Waals surface area contributed by atoms with Gasteiger partial charge >= 0.3 is 0 Å². The first-order valence-electron chi connectivity index (χ1n) is 7.77. The number of hydrogen-bond donors (Lipinski definition) is 1. The van der Waals surface area contributed by atoms with Gasteiger partial charge in [-0.2, -0.15) is 0 Å². The standard InChI is InChI=1S/C19H20N2OS/c1-12(2)15-7-5-14(6-8-15)11-18(22)21-19-20-16-9-4-13(3)10-17(16)23-19/h4-10,12H,11H2,1-3H3,(H,20,21,22). The molecule has 0 atom stereocenters. The number of thiazole rings is 1. The van der Waals surface area contributed by atoms with E-state index in [0.29, 0.717) is 17.5 Å². The van der Waals surface area contributed by atoms with Crippen molar-refractivity contribution in [2.75, 3.05) is 5.32 Å². The summed E-state index contributed by atoms with van der Waals surface area (Å²) >= 11 is 1.51. The Labute approximate surface area is 140 Å². The zero-order valence-corrected chi connectivity index (χ0v) is 14.4. The molecule has 0 aliphatic carbocycles. The summed E-state index contributed by atoms with van der Waals surface area (Å²) in [4.78, 5) is 16.7. The van der Waals surface area contributed by atoms with Gasteiger partial charge in [0.1, 0.15) is 0 Å². The average molecular weight is 324 g/mol. The monoisotopic (exact) mass is 324 g/mol. The first-order chi connectivity index (χ1) is 11.0. The van der Waals surface area contributed by atoms with Gasteiger partial charge in [0.25, 0.3) is 0 Å². The first kappa shape index (κ1) is 15.7. The summed E-state index contributed by atoms with van der Waals surface area (Å²) < 4.78 is 1.10. The third-order valence-electron chi connectivity index (χ3n) is 3.80. The second-order valence-electron chi connectivity index (χ2n) is 6.11. The van der Waals surface area contributed by atoms with Gasteiger partial charge in [-0.1, -0.05) is 55.5 Å². The van der Waals surface area contributed by atoms with Crippen LogP contribution in [-0.4, -0.2) is 10.9 Å². The Hall–Kier alpha value is -2.20. The summed E-state index contributed by atoms with van der Waals surface area (Å²) in [6.45, 7) is 6.38. The van der Waals surface area contributed by atoms with E-state index in [1.54, 1.807) is 0 Å². The summed E-state index contributed by atoms with van der Waals surface area (Å²) in [6.07, 6.45) is 0.368. The molecule has 2 aromatic carbocycles. The van der Waals surface area contributed by atoms with Gasteiger partial charge in [-0.15, -0.1) is 0 Å². The maximum atomic E-state index is 12.2. The predicted octanol–water partition coefficient (Wildman–Crippen LogP) is 4.91. The molecule has 0 radical (unpaired) electrons. The maximum Gasteiger partial charge on any atom is 0.230 e. The minimum Gasteiger partial charge on any atom is -0.302 e. The maximum absolute atomic E-state index is 12.2. The molecule has 4 heteroatoms. The molecular weight excluding hydrogens is 304 g/mol. The highest BCUT2D eigenvalue weighted by Crippen LogP contribution is 2.26. The van der Waals surface area contributed by atoms with E-state index < -0.39 is 0 Å². The van der Waals surface area contributed by atoms with Crippen molar-refractivity contribution < 1.29 is 4.79 Å². The molecule has 0 aliphatic rings. The molecular formula is C19H20N2OS. The molecule has 0 unspecified atom stereocenters. The van der Waals surface area contributed by atoms with Crippen LogP contribution in [0.2, 0.25) is 0 Å². The summed E-state index contributed by atoms with van der Waals surface area (Å²) in [5, 5.41) is 3.57. The molecule has 23 heavy (non-hydrogen) atoms. The van der Waals surface area contributed by atoms with Crippen LogP contribution in [0, 0.1) is 6.92 Å². The van der Waals surface area contributed by atoms with Gasteiger partial charge in [0, 0.05) is 0 Å². The topological polar surface area (TPSA) is 42.0 Å². The number of rotatable bonds is 4. The molecule has 0 saturated heterocycles. The Morgan fingerprint density at radius 2 is 1.91 bits per heavy atom. The number of carbonyl (C=O) groups excluding carboxylic acids is 1. The van der Waals surface area contributed by atoms with Crippen molar-refractivity contribution in [3.05, 3.63) is 59.2 Å². The van der Waals surface area contributed by atoms with Crippen molar-refractivity contribution in [1.29, 1.82) is 0 Å². The number of aryl methyl sites for hydroxylation is 1. The summed E-state index contributed by atoms with van der Waals surface area (Å²) in [6, 6.07) is 14.3. The van der Waals surface area contributed by atoms with Crippen LogP contribution in [0.4, 0.5) is 5.13 Å². The number of aromatic nitrogens is 1. The normalized spacial score (nSPS) is 11.1. The van der Waals surface area contributed by atoms with E-state index in [1.165, 1.54) is 22.5 Å². The Kier molecular flexibility index (Phi) is 4.44. The Balaban J connectivity index is 1.68. The molecule has 3 aromatic rings. The summed E-state index contributed by atoms with van der Waals surface area (Å²) in [5.41, 5.74) is 4.43. The van der Waals surface area contributed by atoms with Crippen LogP contribution in [0.25, 0.3) is 10.2 Å². The Morgan fingerprint density at radius 3 is 2.61 bits per heavy atom. The van der Waals surface area contributed by atoms with Crippen LogP contribution in [0.3, 0.4) is 0 Å². The minimum atomic E-state index is -0.0296. The van der Waals surface area contributed by atoms with Crippen LogP contribution in [0.5, 0.6) is 0 Å². The molecule has 118 valence electrons. The lowest BCUT2D eigenvalue weighted by Gasteiger charge is -2.06. The average Bonchev–Trinajstić information content (AvgIpc) is 2.88. The highest BCUT2D eigenvalue weighted by Gasteiger charge is 2.09. The van der Waals surface area contributed by atoms with Gasteiger partial charge in [0.2, 0.25) is 5.91 Å². The van der Waals surface area contributed by atoms with E-state index in [0.717, 1.165) is 15.8 Å². The Bertz CT molecular complexity index is 834. The molecule has 0 saturated carbocycles. The van der Waals surface area contributed by atoms with Crippen molar-refractivity contribution in [3.8, 4) is 0 Å². The van der Waals surface area contributed by atoms with Gasteiger partial charge in [-0.3, -0.25) is 4.79 Å². The van der Waals surface area contributed by atoms with Crippen LogP contribution >= 0.6 is 11.3 Å². The van der Waals surface area contributed by atoms with Crippen molar-refractivity contribution in [1.82, 2.24) is 4.98 Å². The number of anilines is 1. The van der Waals surface area contributed by atoms with E-state index in [-0.39, 0.29) is 5.91 Å². The highest BCUT2D eigenvalue weighted by molar-refractivity contribution is 7.22. The van der Waals surface area contributed by atoms with Crippen molar-refractivity contribution in [2.45, 2.75) is 33.1 Å². The highest BCUT2D eigenvalue weighted by atomic mass is 32.1. The van der Waals surface area contributed by atoms with E-state index in [9.17, 15) is 4.79 Å². The lowest BCUT2D eigenvalue weighted by molar-refractivity contribution is -0.115. The van der Waals surface area contributed by atoms with Gasteiger partial charge < -0.3 is 5.32 Å². The minimum absolute atomic E-state index is 0.0296. The van der Waals surface area contributed by atoms with E-state index >= 15 is 0 Å². The fraction of sp³-hybridized carbons (Fsp3) is 0.263. The Morgan fingerprint density at radius 1 is 1.17 bits per heavy atom. The van der Waals surface area contributed by atoms with Gasteiger partial charge in [-0.25, -0.2) is 4.98 Å². The zero-order chi connectivity index (χ0) is 16.4. The third-order valence-corrected chi connectivity index (χ3v) is 4.73.